The largest absolute Gasteiger partial charge is 0.461 e. The molecule has 0 radical (unpaired) electrons. The van der Waals surface area contributed by atoms with Crippen LogP contribution >= 0.6 is 7.60 Å². The van der Waals surface area contributed by atoms with Crippen molar-refractivity contribution in [3.05, 3.63) is 36.0 Å². The predicted molar refractivity (Wildman–Crippen MR) is 99.7 cm³/mol. The molecular weight excluding hydrogens is 355 g/mol. The van der Waals surface area contributed by atoms with Crippen molar-refractivity contribution in [2.75, 3.05) is 6.61 Å². The van der Waals surface area contributed by atoms with Crippen LogP contribution in [0.5, 0.6) is 0 Å². The van der Waals surface area contributed by atoms with E-state index in [2.05, 4.69) is 10.2 Å². The molecule has 0 bridgehead atoms. The lowest BCUT2D eigenvalue weighted by atomic mass is 10.1. The first-order valence-corrected chi connectivity index (χ1v) is 10.1. The van der Waals surface area contributed by atoms with Gasteiger partial charge in [0.15, 0.2) is 11.1 Å². The number of aromatic amines is 1. The van der Waals surface area contributed by atoms with Crippen molar-refractivity contribution in [1.82, 2.24) is 10.2 Å². The summed E-state index contributed by atoms with van der Waals surface area (Å²) in [4.78, 5) is 12.3. The molecule has 0 spiro atoms. The van der Waals surface area contributed by atoms with Gasteiger partial charge in [0.05, 0.1) is 24.4 Å². The van der Waals surface area contributed by atoms with Crippen LogP contribution in [0.25, 0.3) is 11.1 Å². The van der Waals surface area contributed by atoms with Crippen LogP contribution in [0.1, 0.15) is 45.1 Å². The molecule has 0 aliphatic heterocycles. The highest BCUT2D eigenvalue weighted by molar-refractivity contribution is 7.62. The molecule has 0 unspecified atom stereocenters. The number of esters is 1. The number of hydrogen-bond donors (Lipinski definition) is 1. The quantitative estimate of drug-likeness (QED) is 0.551. The molecule has 0 atom stereocenters. The Morgan fingerprint density at radius 1 is 1.12 bits per heavy atom. The van der Waals surface area contributed by atoms with Gasteiger partial charge in [0.1, 0.15) is 0 Å². The second-order valence-corrected chi connectivity index (χ2v) is 8.05. The Morgan fingerprint density at radius 3 is 2.19 bits per heavy atom. The Balaban J connectivity index is 2.67. The molecule has 1 aromatic heterocycles. The summed E-state index contributed by atoms with van der Waals surface area (Å²) in [7, 11) is -3.75. The van der Waals surface area contributed by atoms with E-state index in [1.165, 1.54) is 0 Å². The van der Waals surface area contributed by atoms with Gasteiger partial charge in [-0.1, -0.05) is 30.3 Å². The molecule has 1 heterocycles. The van der Waals surface area contributed by atoms with E-state index in [-0.39, 0.29) is 29.9 Å². The molecule has 2 aromatic rings. The molecule has 0 saturated carbocycles. The number of ether oxygens (including phenoxy) is 1. The summed E-state index contributed by atoms with van der Waals surface area (Å²) in [6.45, 7) is 8.98. The minimum atomic E-state index is -3.75. The number of carbonyl (C=O) groups is 1. The Hall–Kier alpha value is -1.95. The number of hydrogen-bond acceptors (Lipinski definition) is 6. The average Bonchev–Trinajstić information content (AvgIpc) is 3.00. The third kappa shape index (κ3) is 4.61. The van der Waals surface area contributed by atoms with E-state index in [9.17, 15) is 9.36 Å². The summed E-state index contributed by atoms with van der Waals surface area (Å²) in [5.41, 5.74) is 1.23. The standard InChI is InChI=1S/C18H25N2O5P/c1-6-23-18(21)16-15(14-10-8-7-9-11-14)17(20-19-16)26(22,24-12(2)3)25-13(4)5/h7-13H,6H2,1-5H3,(H,19,20). The molecule has 7 nitrogen and oxygen atoms in total. The molecule has 0 saturated heterocycles. The maximum absolute atomic E-state index is 13.6. The first-order chi connectivity index (χ1) is 12.3. The van der Waals surface area contributed by atoms with Crippen molar-refractivity contribution in [1.29, 1.82) is 0 Å². The van der Waals surface area contributed by atoms with Crippen LogP contribution < -0.4 is 5.44 Å². The lowest BCUT2D eigenvalue weighted by molar-refractivity contribution is 0.0520. The van der Waals surface area contributed by atoms with Crippen molar-refractivity contribution < 1.29 is 23.1 Å². The summed E-state index contributed by atoms with van der Waals surface area (Å²) in [6, 6.07) is 9.08. The van der Waals surface area contributed by atoms with Gasteiger partial charge in [-0.25, -0.2) is 4.79 Å². The van der Waals surface area contributed by atoms with Crippen LogP contribution in [0.3, 0.4) is 0 Å². The second kappa shape index (κ2) is 8.62. The smallest absolute Gasteiger partial charge is 0.380 e. The molecule has 1 aromatic carbocycles. The maximum atomic E-state index is 13.6. The number of carbonyl (C=O) groups excluding carboxylic acids is 1. The van der Waals surface area contributed by atoms with Gasteiger partial charge in [-0.3, -0.25) is 9.66 Å². The zero-order valence-corrected chi connectivity index (χ0v) is 16.6. The second-order valence-electron chi connectivity index (χ2n) is 6.19. The van der Waals surface area contributed by atoms with Crippen LogP contribution in [0.15, 0.2) is 30.3 Å². The third-order valence-electron chi connectivity index (χ3n) is 3.25. The Bertz CT molecular complexity index is 772. The highest BCUT2D eigenvalue weighted by atomic mass is 31.2. The normalized spacial score (nSPS) is 12.0. The monoisotopic (exact) mass is 380 g/mol. The summed E-state index contributed by atoms with van der Waals surface area (Å²) >= 11 is 0. The Morgan fingerprint density at radius 2 is 1.69 bits per heavy atom. The van der Waals surface area contributed by atoms with Crippen LogP contribution in [-0.2, 0) is 18.3 Å². The van der Waals surface area contributed by atoms with E-state index in [1.807, 2.05) is 18.2 Å². The summed E-state index contributed by atoms with van der Waals surface area (Å²) < 4.78 is 30.0. The number of aromatic nitrogens is 2. The third-order valence-corrected chi connectivity index (χ3v) is 5.52. The summed E-state index contributed by atoms with van der Waals surface area (Å²) in [6.07, 6.45) is -0.699. The fraction of sp³-hybridized carbons (Fsp3) is 0.444. The summed E-state index contributed by atoms with van der Waals surface area (Å²) in [5, 5.41) is 6.76. The van der Waals surface area contributed by atoms with E-state index < -0.39 is 13.6 Å². The molecule has 26 heavy (non-hydrogen) atoms. The predicted octanol–water partition coefficient (Wildman–Crippen LogP) is 3.92. The highest BCUT2D eigenvalue weighted by Crippen LogP contribution is 2.51. The average molecular weight is 380 g/mol. The molecule has 0 aliphatic carbocycles. The van der Waals surface area contributed by atoms with Crippen LogP contribution in [-0.4, -0.2) is 35.0 Å². The van der Waals surface area contributed by atoms with E-state index in [0.29, 0.717) is 11.1 Å². The van der Waals surface area contributed by atoms with Gasteiger partial charge in [0.25, 0.3) is 0 Å². The molecule has 0 fully saturated rings. The topological polar surface area (TPSA) is 90.5 Å². The van der Waals surface area contributed by atoms with Crippen molar-refractivity contribution in [3.63, 3.8) is 0 Å². The van der Waals surface area contributed by atoms with Crippen molar-refractivity contribution in [3.8, 4) is 11.1 Å². The van der Waals surface area contributed by atoms with Gasteiger partial charge in [0, 0.05) is 0 Å². The van der Waals surface area contributed by atoms with E-state index in [4.69, 9.17) is 13.8 Å². The van der Waals surface area contributed by atoms with Gasteiger partial charge in [-0.2, -0.15) is 5.10 Å². The van der Waals surface area contributed by atoms with E-state index in [0.717, 1.165) is 0 Å². The van der Waals surface area contributed by atoms with Crippen LogP contribution in [0, 0.1) is 0 Å². The van der Waals surface area contributed by atoms with Gasteiger partial charge < -0.3 is 13.8 Å². The first kappa shape index (κ1) is 20.4. The lowest BCUT2D eigenvalue weighted by Gasteiger charge is -2.22. The maximum Gasteiger partial charge on any atom is 0.380 e. The van der Waals surface area contributed by atoms with Crippen molar-refractivity contribution in [2.45, 2.75) is 46.8 Å². The summed E-state index contributed by atoms with van der Waals surface area (Å²) in [5.74, 6) is -0.602. The molecule has 0 amide bonds. The zero-order valence-electron chi connectivity index (χ0n) is 15.7. The Labute approximate surface area is 153 Å². The van der Waals surface area contributed by atoms with Crippen LogP contribution in [0.4, 0.5) is 0 Å². The van der Waals surface area contributed by atoms with Crippen molar-refractivity contribution >= 4 is 19.0 Å². The number of nitrogens with zero attached hydrogens (tertiary/aromatic N) is 1. The fourth-order valence-corrected chi connectivity index (χ4v) is 4.49. The minimum absolute atomic E-state index is 0.0491. The highest BCUT2D eigenvalue weighted by Gasteiger charge is 2.38. The zero-order chi connectivity index (χ0) is 19.3. The SMILES string of the molecule is CCOC(=O)c1n[nH]c(P(=O)(OC(C)C)OC(C)C)c1-c1ccccc1. The van der Waals surface area contributed by atoms with Gasteiger partial charge >= 0.3 is 13.6 Å². The molecule has 0 aliphatic rings. The number of nitrogens with one attached hydrogen (secondary N) is 1. The molecule has 142 valence electrons. The number of benzene rings is 1. The van der Waals surface area contributed by atoms with Gasteiger partial charge in [0.2, 0.25) is 0 Å². The van der Waals surface area contributed by atoms with E-state index in [1.54, 1.807) is 46.8 Å². The molecular formula is C18H25N2O5P. The molecule has 2 rings (SSSR count). The number of rotatable bonds is 8. The first-order valence-electron chi connectivity index (χ1n) is 8.56. The number of H-pyrrole nitrogens is 1. The minimum Gasteiger partial charge on any atom is -0.461 e. The molecule has 8 heteroatoms. The Kier molecular flexibility index (Phi) is 6.75. The van der Waals surface area contributed by atoms with E-state index >= 15 is 0 Å². The molecule has 1 N–H and O–H groups in total. The fourth-order valence-electron chi connectivity index (χ4n) is 2.44. The van der Waals surface area contributed by atoms with Crippen molar-refractivity contribution in [2.24, 2.45) is 0 Å². The van der Waals surface area contributed by atoms with Gasteiger partial charge in [-0.05, 0) is 40.2 Å². The lowest BCUT2D eigenvalue weighted by Crippen LogP contribution is -2.20. The van der Waals surface area contributed by atoms with Crippen LogP contribution in [0.2, 0.25) is 0 Å². The van der Waals surface area contributed by atoms with Gasteiger partial charge in [-0.15, -0.1) is 0 Å².